The number of hydrogen-bond acceptors (Lipinski definition) is 2. The predicted molar refractivity (Wildman–Crippen MR) is 45.9 cm³/mol. The van der Waals surface area contributed by atoms with E-state index in [0.717, 1.165) is 12.7 Å². The molecule has 3 nitrogen and oxygen atoms in total. The van der Waals surface area contributed by atoms with Gasteiger partial charge in [-0.25, -0.2) is 0 Å². The summed E-state index contributed by atoms with van der Waals surface area (Å²) >= 11 is 0. The van der Waals surface area contributed by atoms with E-state index in [1.54, 1.807) is 0 Å². The van der Waals surface area contributed by atoms with E-state index in [2.05, 4.69) is 0 Å². The third-order valence-corrected chi connectivity index (χ3v) is 2.47. The molecule has 0 heterocycles. The van der Waals surface area contributed by atoms with Gasteiger partial charge in [0.05, 0.1) is 6.42 Å². The quantitative estimate of drug-likeness (QED) is 0.642. The summed E-state index contributed by atoms with van der Waals surface area (Å²) in [5.41, 5.74) is -0.208. The molecule has 0 aliphatic carbocycles. The second-order valence-corrected chi connectivity index (χ2v) is 3.68. The lowest BCUT2D eigenvalue weighted by atomic mass is 9.76. The van der Waals surface area contributed by atoms with Gasteiger partial charge in [0, 0.05) is 5.92 Å². The molecule has 0 amide bonds. The first-order chi connectivity index (χ1) is 5.44. The Hall–Kier alpha value is -0.860. The van der Waals surface area contributed by atoms with Gasteiger partial charge >= 0.3 is 5.97 Å². The van der Waals surface area contributed by atoms with Crippen molar-refractivity contribution in [2.45, 2.75) is 33.6 Å². The molecule has 12 heavy (non-hydrogen) atoms. The summed E-state index contributed by atoms with van der Waals surface area (Å²) < 4.78 is 0. The van der Waals surface area contributed by atoms with Crippen LogP contribution in [0, 0.1) is 11.3 Å². The number of aldehydes is 1. The number of carboxylic acid groups (broad SMARTS) is 1. The summed E-state index contributed by atoms with van der Waals surface area (Å²) in [6, 6.07) is 0. The zero-order valence-corrected chi connectivity index (χ0v) is 7.83. The SMILES string of the molecule is CCC(C)(C)C(C=O)CC(=O)O. The molecular weight excluding hydrogens is 156 g/mol. The minimum absolute atomic E-state index is 0.0651. The van der Waals surface area contributed by atoms with Crippen LogP contribution in [-0.4, -0.2) is 17.4 Å². The van der Waals surface area contributed by atoms with Crippen LogP contribution in [0.2, 0.25) is 0 Å². The molecule has 0 aromatic rings. The van der Waals surface area contributed by atoms with E-state index < -0.39 is 5.97 Å². The van der Waals surface area contributed by atoms with Crippen LogP contribution in [0.5, 0.6) is 0 Å². The number of carbonyl (C=O) groups is 2. The van der Waals surface area contributed by atoms with Crippen LogP contribution in [0.1, 0.15) is 33.6 Å². The minimum Gasteiger partial charge on any atom is -0.481 e. The molecule has 1 atom stereocenters. The first kappa shape index (κ1) is 11.1. The van der Waals surface area contributed by atoms with E-state index >= 15 is 0 Å². The average molecular weight is 172 g/mol. The van der Waals surface area contributed by atoms with Gasteiger partial charge in [0.15, 0.2) is 0 Å². The molecule has 0 aliphatic heterocycles. The Morgan fingerprint density at radius 1 is 1.58 bits per heavy atom. The van der Waals surface area contributed by atoms with Crippen LogP contribution in [-0.2, 0) is 9.59 Å². The Labute approximate surface area is 72.8 Å². The van der Waals surface area contributed by atoms with Crippen LogP contribution in [0.25, 0.3) is 0 Å². The van der Waals surface area contributed by atoms with E-state index in [-0.39, 0.29) is 17.8 Å². The van der Waals surface area contributed by atoms with Crippen LogP contribution in [0.15, 0.2) is 0 Å². The molecule has 1 N–H and O–H groups in total. The highest BCUT2D eigenvalue weighted by molar-refractivity contribution is 5.72. The lowest BCUT2D eigenvalue weighted by Gasteiger charge is -2.27. The molecule has 0 aromatic carbocycles. The number of rotatable bonds is 5. The molecule has 0 fully saturated rings. The summed E-state index contributed by atoms with van der Waals surface area (Å²) in [7, 11) is 0. The highest BCUT2D eigenvalue weighted by Crippen LogP contribution is 2.31. The highest BCUT2D eigenvalue weighted by Gasteiger charge is 2.29. The maximum Gasteiger partial charge on any atom is 0.304 e. The van der Waals surface area contributed by atoms with Crippen molar-refractivity contribution >= 4 is 12.3 Å². The van der Waals surface area contributed by atoms with E-state index in [4.69, 9.17) is 5.11 Å². The number of carbonyl (C=O) groups excluding carboxylic acids is 1. The summed E-state index contributed by atoms with van der Waals surface area (Å²) in [6.45, 7) is 5.78. The molecular formula is C9H16O3. The zero-order valence-electron chi connectivity index (χ0n) is 7.83. The average Bonchev–Trinajstić information content (AvgIpc) is 1.99. The molecule has 0 rings (SSSR count). The van der Waals surface area contributed by atoms with Crippen molar-refractivity contribution in [2.75, 3.05) is 0 Å². The minimum atomic E-state index is -0.909. The summed E-state index contributed by atoms with van der Waals surface area (Å²) in [6.07, 6.45) is 1.49. The standard InChI is InChI=1S/C9H16O3/c1-4-9(2,3)7(6-10)5-8(11)12/h6-7H,4-5H2,1-3H3,(H,11,12). The first-order valence-electron chi connectivity index (χ1n) is 4.11. The molecule has 1 unspecified atom stereocenters. The van der Waals surface area contributed by atoms with E-state index in [1.165, 1.54) is 0 Å². The maximum atomic E-state index is 10.6. The molecule has 0 radical (unpaired) electrons. The van der Waals surface area contributed by atoms with Gasteiger partial charge in [0.25, 0.3) is 0 Å². The van der Waals surface area contributed by atoms with Crippen molar-refractivity contribution in [1.29, 1.82) is 0 Å². The number of hydrogen-bond donors (Lipinski definition) is 1. The van der Waals surface area contributed by atoms with Gasteiger partial charge < -0.3 is 9.90 Å². The van der Waals surface area contributed by atoms with Crippen molar-refractivity contribution in [2.24, 2.45) is 11.3 Å². The molecule has 0 bridgehead atoms. The first-order valence-corrected chi connectivity index (χ1v) is 4.11. The summed E-state index contributed by atoms with van der Waals surface area (Å²) in [5, 5.41) is 8.51. The Morgan fingerprint density at radius 2 is 2.08 bits per heavy atom. The Morgan fingerprint density at radius 3 is 2.33 bits per heavy atom. The van der Waals surface area contributed by atoms with Crippen molar-refractivity contribution in [3.05, 3.63) is 0 Å². The van der Waals surface area contributed by atoms with Crippen molar-refractivity contribution < 1.29 is 14.7 Å². The fraction of sp³-hybridized carbons (Fsp3) is 0.778. The van der Waals surface area contributed by atoms with Gasteiger partial charge in [-0.15, -0.1) is 0 Å². The van der Waals surface area contributed by atoms with Gasteiger partial charge in [-0.3, -0.25) is 4.79 Å². The Balaban J connectivity index is 4.33. The van der Waals surface area contributed by atoms with Crippen LogP contribution in [0.4, 0.5) is 0 Å². The topological polar surface area (TPSA) is 54.4 Å². The van der Waals surface area contributed by atoms with Crippen molar-refractivity contribution in [3.63, 3.8) is 0 Å². The second kappa shape index (κ2) is 4.24. The third-order valence-electron chi connectivity index (χ3n) is 2.47. The molecule has 0 aromatic heterocycles. The maximum absolute atomic E-state index is 10.6. The van der Waals surface area contributed by atoms with Crippen molar-refractivity contribution in [3.8, 4) is 0 Å². The third kappa shape index (κ3) is 3.03. The van der Waals surface area contributed by atoms with Crippen molar-refractivity contribution in [1.82, 2.24) is 0 Å². The zero-order chi connectivity index (χ0) is 9.78. The number of carboxylic acids is 1. The summed E-state index contributed by atoms with van der Waals surface area (Å²) in [5.74, 6) is -1.28. The molecule has 3 heteroatoms. The Bertz CT molecular complexity index is 173. The predicted octanol–water partition coefficient (Wildman–Crippen LogP) is 1.71. The van der Waals surface area contributed by atoms with E-state index in [1.807, 2.05) is 20.8 Å². The largest absolute Gasteiger partial charge is 0.481 e. The normalized spacial score (nSPS) is 13.9. The summed E-state index contributed by atoms with van der Waals surface area (Å²) in [4.78, 5) is 21.0. The molecule has 0 spiro atoms. The number of aliphatic carboxylic acids is 1. The van der Waals surface area contributed by atoms with E-state index in [9.17, 15) is 9.59 Å². The molecule has 70 valence electrons. The van der Waals surface area contributed by atoms with Gasteiger partial charge in [0.2, 0.25) is 0 Å². The van der Waals surface area contributed by atoms with Gasteiger partial charge in [-0.05, 0) is 5.41 Å². The van der Waals surface area contributed by atoms with Gasteiger partial charge in [-0.1, -0.05) is 27.2 Å². The van der Waals surface area contributed by atoms with Gasteiger partial charge in [-0.2, -0.15) is 0 Å². The molecule has 0 saturated heterocycles. The van der Waals surface area contributed by atoms with Gasteiger partial charge in [0.1, 0.15) is 6.29 Å². The fourth-order valence-corrected chi connectivity index (χ4v) is 0.959. The van der Waals surface area contributed by atoms with Crippen LogP contribution < -0.4 is 0 Å². The molecule has 0 saturated carbocycles. The monoisotopic (exact) mass is 172 g/mol. The lowest BCUT2D eigenvalue weighted by Crippen LogP contribution is -2.26. The molecule has 0 aliphatic rings. The second-order valence-electron chi connectivity index (χ2n) is 3.68. The highest BCUT2D eigenvalue weighted by atomic mass is 16.4. The lowest BCUT2D eigenvalue weighted by molar-refractivity contribution is -0.140. The van der Waals surface area contributed by atoms with Crippen LogP contribution in [0.3, 0.4) is 0 Å². The fourth-order valence-electron chi connectivity index (χ4n) is 0.959. The Kier molecular flexibility index (Phi) is 3.93. The van der Waals surface area contributed by atoms with Crippen LogP contribution >= 0.6 is 0 Å². The van der Waals surface area contributed by atoms with E-state index in [0.29, 0.717) is 0 Å². The smallest absolute Gasteiger partial charge is 0.304 e.